The van der Waals surface area contributed by atoms with Gasteiger partial charge in [0.2, 0.25) is 11.8 Å². The summed E-state index contributed by atoms with van der Waals surface area (Å²) in [6.07, 6.45) is 10.6. The predicted octanol–water partition coefficient (Wildman–Crippen LogP) is 4.11. The number of aromatic nitrogens is 3. The molecule has 0 radical (unpaired) electrons. The molecule has 0 amide bonds. The van der Waals surface area contributed by atoms with E-state index in [1.54, 1.807) is 12.4 Å². The van der Waals surface area contributed by atoms with Crippen LogP contribution in [0.15, 0.2) is 22.9 Å². The molecule has 2 aromatic rings. The fourth-order valence-electron chi connectivity index (χ4n) is 3.41. The van der Waals surface area contributed by atoms with Gasteiger partial charge in [-0.2, -0.15) is 0 Å². The number of pyridine rings is 1. The molecule has 1 atom stereocenters. The van der Waals surface area contributed by atoms with Crippen molar-refractivity contribution in [1.29, 1.82) is 0 Å². The van der Waals surface area contributed by atoms with Gasteiger partial charge < -0.3 is 4.42 Å². The minimum absolute atomic E-state index is 0.203. The van der Waals surface area contributed by atoms with Crippen LogP contribution in [-0.4, -0.2) is 26.6 Å². The lowest BCUT2D eigenvalue weighted by molar-refractivity contribution is 0.115. The van der Waals surface area contributed by atoms with Crippen LogP contribution >= 0.6 is 11.6 Å². The molecule has 1 aliphatic carbocycles. The summed E-state index contributed by atoms with van der Waals surface area (Å²) in [6, 6.07) is 2.19. The summed E-state index contributed by atoms with van der Waals surface area (Å²) in [4.78, 5) is 6.47. The highest BCUT2D eigenvalue weighted by molar-refractivity contribution is 6.31. The summed E-state index contributed by atoms with van der Waals surface area (Å²) >= 11 is 6.27. The van der Waals surface area contributed by atoms with Gasteiger partial charge >= 0.3 is 0 Å². The molecule has 0 bridgehead atoms. The van der Waals surface area contributed by atoms with Crippen LogP contribution < -0.4 is 0 Å². The standard InChI is InChI=1S/C17H21ClN4O/c18-14-10-19-8-7-13(14)11-22-9-2-1-6-15(22)17-21-20-16(23-17)12-4-3-5-12/h7-8,10,12,15H,1-6,9,11H2. The lowest BCUT2D eigenvalue weighted by atomic mass is 9.85. The maximum Gasteiger partial charge on any atom is 0.233 e. The zero-order chi connectivity index (χ0) is 15.6. The Kier molecular flexibility index (Phi) is 4.31. The van der Waals surface area contributed by atoms with E-state index in [-0.39, 0.29) is 6.04 Å². The molecule has 0 spiro atoms. The van der Waals surface area contributed by atoms with Gasteiger partial charge in [-0.1, -0.05) is 24.4 Å². The Morgan fingerprint density at radius 2 is 2.00 bits per heavy atom. The topological polar surface area (TPSA) is 55.1 Å². The number of nitrogens with zero attached hydrogens (tertiary/aromatic N) is 4. The highest BCUT2D eigenvalue weighted by Crippen LogP contribution is 2.38. The van der Waals surface area contributed by atoms with Gasteiger partial charge in [-0.05, 0) is 43.9 Å². The van der Waals surface area contributed by atoms with Gasteiger partial charge in [0.1, 0.15) is 0 Å². The first-order chi connectivity index (χ1) is 11.3. The molecule has 4 rings (SSSR count). The number of piperidine rings is 1. The molecular formula is C17H21ClN4O. The quantitative estimate of drug-likeness (QED) is 0.843. The average molecular weight is 333 g/mol. The van der Waals surface area contributed by atoms with Crippen LogP contribution in [0.2, 0.25) is 5.02 Å². The lowest BCUT2D eigenvalue weighted by Gasteiger charge is -2.33. The van der Waals surface area contributed by atoms with Crippen LogP contribution in [0, 0.1) is 0 Å². The van der Waals surface area contributed by atoms with Crippen molar-refractivity contribution in [2.75, 3.05) is 6.54 Å². The zero-order valence-electron chi connectivity index (χ0n) is 13.1. The molecule has 2 fully saturated rings. The van der Waals surface area contributed by atoms with E-state index in [9.17, 15) is 0 Å². The van der Waals surface area contributed by atoms with Crippen molar-refractivity contribution in [3.63, 3.8) is 0 Å². The highest BCUT2D eigenvalue weighted by atomic mass is 35.5. The predicted molar refractivity (Wildman–Crippen MR) is 87.1 cm³/mol. The van der Waals surface area contributed by atoms with Gasteiger partial charge in [-0.3, -0.25) is 9.88 Å². The monoisotopic (exact) mass is 332 g/mol. The number of hydrogen-bond acceptors (Lipinski definition) is 5. The van der Waals surface area contributed by atoms with E-state index in [1.807, 2.05) is 6.07 Å². The van der Waals surface area contributed by atoms with Gasteiger partial charge in [0.15, 0.2) is 0 Å². The van der Waals surface area contributed by atoms with Crippen LogP contribution in [0.25, 0.3) is 0 Å². The van der Waals surface area contributed by atoms with Crippen molar-refractivity contribution < 1.29 is 4.42 Å². The molecular weight excluding hydrogens is 312 g/mol. The van der Waals surface area contributed by atoms with E-state index in [0.29, 0.717) is 5.92 Å². The van der Waals surface area contributed by atoms with E-state index in [0.717, 1.165) is 41.9 Å². The first kappa shape index (κ1) is 15.1. The van der Waals surface area contributed by atoms with E-state index in [1.165, 1.54) is 32.1 Å². The second-order valence-electron chi connectivity index (χ2n) is 6.56. The smallest absolute Gasteiger partial charge is 0.233 e. The SMILES string of the molecule is Clc1cnccc1CN1CCCCC1c1nnc(C2CCC2)o1. The van der Waals surface area contributed by atoms with Crippen molar-refractivity contribution in [2.24, 2.45) is 0 Å². The Morgan fingerprint density at radius 3 is 2.78 bits per heavy atom. The fourth-order valence-corrected chi connectivity index (χ4v) is 3.59. The third kappa shape index (κ3) is 3.12. The van der Waals surface area contributed by atoms with Crippen LogP contribution in [0.1, 0.15) is 67.8 Å². The average Bonchev–Trinajstić information content (AvgIpc) is 2.97. The first-order valence-corrected chi connectivity index (χ1v) is 8.85. The maximum atomic E-state index is 6.27. The van der Waals surface area contributed by atoms with E-state index >= 15 is 0 Å². The van der Waals surface area contributed by atoms with Gasteiger partial charge in [-0.25, -0.2) is 0 Å². The molecule has 1 aliphatic heterocycles. The number of rotatable bonds is 4. The van der Waals surface area contributed by atoms with Crippen LogP contribution in [0.4, 0.5) is 0 Å². The molecule has 1 saturated heterocycles. The Morgan fingerprint density at radius 1 is 1.13 bits per heavy atom. The summed E-state index contributed by atoms with van der Waals surface area (Å²) < 4.78 is 6.02. The molecule has 23 heavy (non-hydrogen) atoms. The Bertz CT molecular complexity index is 670. The van der Waals surface area contributed by atoms with E-state index in [2.05, 4.69) is 20.1 Å². The molecule has 5 nitrogen and oxygen atoms in total. The van der Waals surface area contributed by atoms with Gasteiger partial charge in [0.05, 0.1) is 11.1 Å². The third-order valence-electron chi connectivity index (χ3n) is 5.04. The number of hydrogen-bond donors (Lipinski definition) is 0. The number of halogens is 1. The largest absolute Gasteiger partial charge is 0.423 e. The summed E-state index contributed by atoms with van der Waals surface area (Å²) in [5.74, 6) is 2.10. The van der Waals surface area contributed by atoms with Crippen molar-refractivity contribution in [2.45, 2.75) is 57.0 Å². The Hall–Kier alpha value is -1.46. The minimum Gasteiger partial charge on any atom is -0.423 e. The fraction of sp³-hybridized carbons (Fsp3) is 0.588. The molecule has 3 heterocycles. The van der Waals surface area contributed by atoms with Crippen molar-refractivity contribution >= 4 is 11.6 Å². The normalized spacial score (nSPS) is 22.9. The first-order valence-electron chi connectivity index (χ1n) is 8.47. The summed E-state index contributed by atoms with van der Waals surface area (Å²) in [5.41, 5.74) is 1.10. The molecule has 2 aromatic heterocycles. The molecule has 0 aromatic carbocycles. The highest BCUT2D eigenvalue weighted by Gasteiger charge is 2.31. The number of likely N-dealkylation sites (tertiary alicyclic amines) is 1. The van der Waals surface area contributed by atoms with Crippen molar-refractivity contribution in [1.82, 2.24) is 20.1 Å². The van der Waals surface area contributed by atoms with Gasteiger partial charge in [0, 0.05) is 24.9 Å². The Balaban J connectivity index is 1.53. The summed E-state index contributed by atoms with van der Waals surface area (Å²) in [7, 11) is 0. The van der Waals surface area contributed by atoms with Gasteiger partial charge in [-0.15, -0.1) is 10.2 Å². The second-order valence-corrected chi connectivity index (χ2v) is 6.96. The molecule has 0 N–H and O–H groups in total. The summed E-state index contributed by atoms with van der Waals surface area (Å²) in [5, 5.41) is 9.37. The lowest BCUT2D eigenvalue weighted by Crippen LogP contribution is -2.33. The summed E-state index contributed by atoms with van der Waals surface area (Å²) in [6.45, 7) is 1.83. The third-order valence-corrected chi connectivity index (χ3v) is 5.38. The molecule has 2 aliphatic rings. The minimum atomic E-state index is 0.203. The van der Waals surface area contributed by atoms with Crippen molar-refractivity contribution in [3.05, 3.63) is 40.8 Å². The molecule has 6 heteroatoms. The second kappa shape index (κ2) is 6.57. The van der Waals surface area contributed by atoms with E-state index < -0.39 is 0 Å². The van der Waals surface area contributed by atoms with E-state index in [4.69, 9.17) is 16.0 Å². The zero-order valence-corrected chi connectivity index (χ0v) is 13.9. The van der Waals surface area contributed by atoms with Crippen LogP contribution in [0.5, 0.6) is 0 Å². The molecule has 1 saturated carbocycles. The van der Waals surface area contributed by atoms with Crippen molar-refractivity contribution in [3.8, 4) is 0 Å². The van der Waals surface area contributed by atoms with Gasteiger partial charge in [0.25, 0.3) is 0 Å². The molecule has 122 valence electrons. The maximum absolute atomic E-state index is 6.27. The Labute approximate surface area is 141 Å². The van der Waals surface area contributed by atoms with Crippen LogP contribution in [-0.2, 0) is 6.54 Å². The van der Waals surface area contributed by atoms with Crippen LogP contribution in [0.3, 0.4) is 0 Å². The molecule has 1 unspecified atom stereocenters.